The summed E-state index contributed by atoms with van der Waals surface area (Å²) < 4.78 is 11.2. The molecule has 2 aromatic rings. The Morgan fingerprint density at radius 1 is 1.35 bits per heavy atom. The number of nitrogens with one attached hydrogen (secondary N) is 1. The normalized spacial score (nSPS) is 16.3. The fraction of sp³-hybridized carbons (Fsp3) is 0.400. The van der Waals surface area contributed by atoms with Gasteiger partial charge in [-0.25, -0.2) is 0 Å². The fourth-order valence-electron chi connectivity index (χ4n) is 2.95. The summed E-state index contributed by atoms with van der Waals surface area (Å²) >= 11 is 0. The van der Waals surface area contributed by atoms with Gasteiger partial charge in [-0.1, -0.05) is 0 Å². The van der Waals surface area contributed by atoms with Crippen molar-refractivity contribution in [1.82, 2.24) is 9.88 Å². The number of likely N-dealkylation sites (N-methyl/N-ethyl adjacent to an activating group) is 1. The minimum absolute atomic E-state index is 0.0919. The largest absolute Gasteiger partial charge is 0.497 e. The maximum atomic E-state index is 12.2. The zero-order valence-corrected chi connectivity index (χ0v) is 14.9. The van der Waals surface area contributed by atoms with Gasteiger partial charge in [0.2, 0.25) is 11.5 Å². The third kappa shape index (κ3) is 4.88. The van der Waals surface area contributed by atoms with Gasteiger partial charge in [0, 0.05) is 30.4 Å². The Labute approximate surface area is 152 Å². The van der Waals surface area contributed by atoms with Crippen molar-refractivity contribution in [2.24, 2.45) is 0 Å². The molecular formula is C20H24N2O4. The van der Waals surface area contributed by atoms with Crippen LogP contribution < -0.4 is 10.3 Å². The van der Waals surface area contributed by atoms with E-state index in [2.05, 4.69) is 4.98 Å². The summed E-state index contributed by atoms with van der Waals surface area (Å²) in [6.45, 7) is 1.09. The average Bonchev–Trinajstić information content (AvgIpc) is 2.65. The highest BCUT2D eigenvalue weighted by Crippen LogP contribution is 2.18. The molecule has 0 aliphatic carbocycles. The second-order valence-corrected chi connectivity index (χ2v) is 6.51. The first-order chi connectivity index (χ1) is 12.6. The van der Waals surface area contributed by atoms with Crippen LogP contribution in [0.15, 0.2) is 47.5 Å². The number of nitrogens with zero attached hydrogens (tertiary/aromatic N) is 1. The lowest BCUT2D eigenvalue weighted by Gasteiger charge is -2.25. The van der Waals surface area contributed by atoms with Crippen LogP contribution in [0.5, 0.6) is 5.75 Å². The van der Waals surface area contributed by atoms with E-state index in [4.69, 9.17) is 9.47 Å². The summed E-state index contributed by atoms with van der Waals surface area (Å²) in [6.07, 6.45) is 6.86. The molecule has 0 fully saturated rings. The van der Waals surface area contributed by atoms with E-state index >= 15 is 0 Å². The van der Waals surface area contributed by atoms with Gasteiger partial charge >= 0.3 is 0 Å². The highest BCUT2D eigenvalue weighted by molar-refractivity contribution is 5.79. The molecule has 6 heteroatoms. The van der Waals surface area contributed by atoms with Crippen LogP contribution in [0.1, 0.15) is 25.7 Å². The number of amides is 1. The van der Waals surface area contributed by atoms with Crippen LogP contribution in [0.4, 0.5) is 0 Å². The van der Waals surface area contributed by atoms with Gasteiger partial charge in [0.1, 0.15) is 11.9 Å². The van der Waals surface area contributed by atoms with Crippen LogP contribution >= 0.6 is 0 Å². The van der Waals surface area contributed by atoms with Crippen LogP contribution in [-0.2, 0) is 9.53 Å². The Hall–Kier alpha value is -2.76. The van der Waals surface area contributed by atoms with Crippen LogP contribution in [0.2, 0.25) is 0 Å². The summed E-state index contributed by atoms with van der Waals surface area (Å²) in [5.74, 6) is 0.829. The molecule has 2 heterocycles. The molecule has 0 saturated carbocycles. The van der Waals surface area contributed by atoms with Crippen molar-refractivity contribution in [3.05, 3.63) is 53.0 Å². The molecule has 0 radical (unpaired) electrons. The first kappa shape index (κ1) is 18.0. The highest BCUT2D eigenvalue weighted by Gasteiger charge is 2.17. The molecule has 1 N–H and O–H groups in total. The SMILES string of the molecule is CN(CC1CCC=CO1)C(=O)CCCOc1ccc2[nH]c(=O)ccc2c1. The van der Waals surface area contributed by atoms with E-state index in [0.717, 1.165) is 29.5 Å². The number of pyridine rings is 1. The molecule has 1 unspecified atom stereocenters. The molecule has 1 amide bonds. The second-order valence-electron chi connectivity index (χ2n) is 6.51. The van der Waals surface area contributed by atoms with Gasteiger partial charge in [0.05, 0.1) is 19.4 Å². The number of H-pyrrole nitrogens is 1. The maximum absolute atomic E-state index is 12.2. The molecule has 6 nitrogen and oxygen atoms in total. The first-order valence-electron chi connectivity index (χ1n) is 8.92. The zero-order chi connectivity index (χ0) is 18.4. The lowest BCUT2D eigenvalue weighted by Crippen LogP contribution is -2.35. The van der Waals surface area contributed by atoms with Crippen molar-refractivity contribution in [3.63, 3.8) is 0 Å². The minimum Gasteiger partial charge on any atom is -0.497 e. The summed E-state index contributed by atoms with van der Waals surface area (Å²) in [4.78, 5) is 28.0. The van der Waals surface area contributed by atoms with E-state index in [1.165, 1.54) is 6.07 Å². The molecule has 1 atom stereocenters. The topological polar surface area (TPSA) is 71.6 Å². The van der Waals surface area contributed by atoms with E-state index in [-0.39, 0.29) is 17.6 Å². The van der Waals surface area contributed by atoms with Gasteiger partial charge < -0.3 is 19.4 Å². The highest BCUT2D eigenvalue weighted by atomic mass is 16.5. The van der Waals surface area contributed by atoms with Crippen molar-refractivity contribution < 1.29 is 14.3 Å². The number of allylic oxidation sites excluding steroid dienone is 1. The van der Waals surface area contributed by atoms with Crippen molar-refractivity contribution in [2.75, 3.05) is 20.2 Å². The standard InChI is InChI=1S/C20H24N2O4/c1-22(14-17-5-2-3-11-26-17)20(24)6-4-12-25-16-8-9-18-15(13-16)7-10-19(23)21-18/h3,7-11,13,17H,2,4-6,12,14H2,1H3,(H,21,23). The Balaban J connectivity index is 1.41. The van der Waals surface area contributed by atoms with Gasteiger partial charge in [0.25, 0.3) is 0 Å². The predicted molar refractivity (Wildman–Crippen MR) is 100 cm³/mol. The number of rotatable bonds is 7. The molecule has 1 aliphatic rings. The second kappa shape index (κ2) is 8.56. The average molecular weight is 356 g/mol. The van der Waals surface area contributed by atoms with Crippen molar-refractivity contribution in [2.45, 2.75) is 31.8 Å². The molecular weight excluding hydrogens is 332 g/mol. The van der Waals surface area contributed by atoms with Gasteiger partial charge in [-0.3, -0.25) is 9.59 Å². The summed E-state index contributed by atoms with van der Waals surface area (Å²) in [5, 5.41) is 0.916. The van der Waals surface area contributed by atoms with Gasteiger partial charge in [-0.2, -0.15) is 0 Å². The third-order valence-corrected chi connectivity index (χ3v) is 4.42. The Kier molecular flexibility index (Phi) is 5.94. The lowest BCUT2D eigenvalue weighted by molar-refractivity contribution is -0.131. The quantitative estimate of drug-likeness (QED) is 0.775. The fourth-order valence-corrected chi connectivity index (χ4v) is 2.95. The van der Waals surface area contributed by atoms with E-state index < -0.39 is 0 Å². The number of ether oxygens (including phenoxy) is 2. The summed E-state index contributed by atoms with van der Waals surface area (Å²) in [7, 11) is 1.81. The van der Waals surface area contributed by atoms with Crippen molar-refractivity contribution >= 4 is 16.8 Å². The summed E-state index contributed by atoms with van der Waals surface area (Å²) in [5.41, 5.74) is 0.657. The molecule has 3 rings (SSSR count). The Bertz CT molecular complexity index is 843. The third-order valence-electron chi connectivity index (χ3n) is 4.42. The molecule has 1 aliphatic heterocycles. The smallest absolute Gasteiger partial charge is 0.248 e. The van der Waals surface area contributed by atoms with E-state index in [0.29, 0.717) is 26.0 Å². The van der Waals surface area contributed by atoms with Crippen LogP contribution in [0, 0.1) is 0 Å². The van der Waals surface area contributed by atoms with Gasteiger partial charge in [-0.15, -0.1) is 0 Å². The molecule has 1 aromatic heterocycles. The maximum Gasteiger partial charge on any atom is 0.248 e. The molecule has 26 heavy (non-hydrogen) atoms. The monoisotopic (exact) mass is 356 g/mol. The summed E-state index contributed by atoms with van der Waals surface area (Å²) in [6, 6.07) is 8.78. The zero-order valence-electron chi connectivity index (χ0n) is 14.9. The van der Waals surface area contributed by atoms with Crippen LogP contribution in [0.3, 0.4) is 0 Å². The first-order valence-corrected chi connectivity index (χ1v) is 8.92. The lowest BCUT2D eigenvalue weighted by atomic mass is 10.1. The van der Waals surface area contributed by atoms with Gasteiger partial charge in [0.15, 0.2) is 0 Å². The minimum atomic E-state index is -0.122. The number of aromatic nitrogens is 1. The Morgan fingerprint density at radius 3 is 3.04 bits per heavy atom. The van der Waals surface area contributed by atoms with E-state index in [1.807, 2.05) is 31.3 Å². The van der Waals surface area contributed by atoms with Gasteiger partial charge in [-0.05, 0) is 49.6 Å². The van der Waals surface area contributed by atoms with Crippen molar-refractivity contribution in [1.29, 1.82) is 0 Å². The number of hydrogen-bond acceptors (Lipinski definition) is 4. The number of aromatic amines is 1. The number of fused-ring (bicyclic) bond motifs is 1. The molecule has 0 spiro atoms. The van der Waals surface area contributed by atoms with Crippen molar-refractivity contribution in [3.8, 4) is 5.75 Å². The van der Waals surface area contributed by atoms with E-state index in [1.54, 1.807) is 17.2 Å². The van der Waals surface area contributed by atoms with Crippen LogP contribution in [-0.4, -0.2) is 42.1 Å². The molecule has 1 aromatic carbocycles. The Morgan fingerprint density at radius 2 is 2.23 bits per heavy atom. The van der Waals surface area contributed by atoms with Crippen LogP contribution in [0.25, 0.3) is 10.9 Å². The molecule has 0 saturated heterocycles. The number of carbonyl (C=O) groups excluding carboxylic acids is 1. The van der Waals surface area contributed by atoms with E-state index in [9.17, 15) is 9.59 Å². The number of hydrogen-bond donors (Lipinski definition) is 1. The molecule has 0 bridgehead atoms. The predicted octanol–water partition coefficient (Wildman–Crippen LogP) is 2.84. The molecule has 138 valence electrons. The number of benzene rings is 1. The number of carbonyl (C=O) groups is 1.